The number of rotatable bonds is 15. The smallest absolute Gasteiger partial charge is 0.310 e. The molecule has 0 spiro atoms. The average molecular weight is 782 g/mol. The quantitative estimate of drug-likeness (QED) is 0.104. The van der Waals surface area contributed by atoms with Gasteiger partial charge in [-0.15, -0.1) is 0 Å². The van der Waals surface area contributed by atoms with Crippen molar-refractivity contribution in [3.8, 4) is 0 Å². The highest BCUT2D eigenvalue weighted by molar-refractivity contribution is 6.32. The monoisotopic (exact) mass is 781 g/mol. The van der Waals surface area contributed by atoms with Crippen LogP contribution in [0.2, 0.25) is 0 Å². The highest BCUT2D eigenvalue weighted by atomic mass is 16.5. The van der Waals surface area contributed by atoms with Gasteiger partial charge in [0, 0.05) is 79.6 Å². The van der Waals surface area contributed by atoms with Gasteiger partial charge >= 0.3 is 11.9 Å². The summed E-state index contributed by atoms with van der Waals surface area (Å²) in [5.41, 5.74) is 8.47. The lowest BCUT2D eigenvalue weighted by atomic mass is 9.84. The molecule has 302 valence electrons. The molecule has 0 aromatic heterocycles. The van der Waals surface area contributed by atoms with Crippen LogP contribution in [0.4, 0.5) is 0 Å². The number of nitrogens with zero attached hydrogens (tertiary/aromatic N) is 3. The summed E-state index contributed by atoms with van der Waals surface area (Å²) >= 11 is 0. The van der Waals surface area contributed by atoms with E-state index in [4.69, 9.17) is 24.8 Å². The first-order valence-corrected chi connectivity index (χ1v) is 19.3. The van der Waals surface area contributed by atoms with Crippen LogP contribution in [0.3, 0.4) is 0 Å². The lowest BCUT2D eigenvalue weighted by Gasteiger charge is -2.20. The van der Waals surface area contributed by atoms with Crippen LogP contribution in [0, 0.1) is 11.8 Å². The lowest BCUT2D eigenvalue weighted by molar-refractivity contribution is -0.140. The van der Waals surface area contributed by atoms with Crippen LogP contribution >= 0.6 is 0 Å². The van der Waals surface area contributed by atoms with Gasteiger partial charge in [0.15, 0.2) is 0 Å². The lowest BCUT2D eigenvalue weighted by Crippen LogP contribution is -2.32. The van der Waals surface area contributed by atoms with Gasteiger partial charge in [-0.2, -0.15) is 0 Å². The fourth-order valence-electron chi connectivity index (χ4n) is 7.78. The van der Waals surface area contributed by atoms with E-state index in [9.17, 15) is 34.2 Å². The number of methoxy groups -OCH3 is 1. The molecule has 57 heavy (non-hydrogen) atoms. The van der Waals surface area contributed by atoms with Crippen molar-refractivity contribution in [2.24, 2.45) is 26.8 Å². The third-order valence-corrected chi connectivity index (χ3v) is 11.0. The first kappa shape index (κ1) is 42.4. The van der Waals surface area contributed by atoms with Crippen molar-refractivity contribution in [1.29, 1.82) is 0 Å². The van der Waals surface area contributed by atoms with Gasteiger partial charge < -0.3 is 30.7 Å². The third-order valence-electron chi connectivity index (χ3n) is 11.0. The molecule has 5 N–H and O–H groups in total. The zero-order chi connectivity index (χ0) is 41.7. The van der Waals surface area contributed by atoms with Crippen molar-refractivity contribution in [3.05, 3.63) is 91.5 Å². The van der Waals surface area contributed by atoms with Crippen molar-refractivity contribution in [1.82, 2.24) is 10.6 Å². The third kappa shape index (κ3) is 9.12. The topological polar surface area (TPSA) is 216 Å². The number of amides is 1. The number of Topliss-reactive ketones (excluding diaryl/α,β-unsaturated/α-hetero) is 2. The van der Waals surface area contributed by atoms with Gasteiger partial charge in [0.2, 0.25) is 0 Å². The average Bonchev–Trinajstić information content (AvgIpc) is 3.84. The molecule has 14 nitrogen and oxygen atoms in total. The first-order valence-electron chi connectivity index (χ1n) is 19.3. The van der Waals surface area contributed by atoms with E-state index in [0.717, 1.165) is 16.7 Å². The van der Waals surface area contributed by atoms with Crippen molar-refractivity contribution in [2.75, 3.05) is 20.3 Å². The molecule has 5 rings (SSSR count). The maximum atomic E-state index is 14.3. The number of ether oxygens (including phenoxy) is 1. The molecule has 0 aliphatic carbocycles. The Labute approximate surface area is 332 Å². The van der Waals surface area contributed by atoms with Crippen molar-refractivity contribution < 1.29 is 44.0 Å². The van der Waals surface area contributed by atoms with Gasteiger partial charge in [0.25, 0.3) is 5.91 Å². The van der Waals surface area contributed by atoms with Crippen LogP contribution in [0.15, 0.2) is 106 Å². The van der Waals surface area contributed by atoms with E-state index in [1.54, 1.807) is 19.9 Å². The first-order chi connectivity index (χ1) is 27.1. The van der Waals surface area contributed by atoms with Crippen LogP contribution in [0.5, 0.6) is 0 Å². The van der Waals surface area contributed by atoms with E-state index >= 15 is 0 Å². The molecule has 5 heterocycles. The molecular weight excluding hydrogens is 730 g/mol. The Morgan fingerprint density at radius 2 is 1.51 bits per heavy atom. The number of fused-ring (bicyclic) bond motifs is 5. The fourth-order valence-corrected chi connectivity index (χ4v) is 7.78. The molecule has 14 heteroatoms. The van der Waals surface area contributed by atoms with Crippen LogP contribution in [-0.2, 0) is 28.7 Å². The SMILES string of the molecule is CCC1=C(C)C2=CC3=NC(=C(C)C3=C(C)O)C=C3NC(=C(CC(=O)OC)C4=NC(=CC1=N2)C(C)=C4C(=O)NCCC(=O)CCC(=O)CCO)C(CCC(=O)O)C3C. The molecule has 1 saturated heterocycles. The largest absolute Gasteiger partial charge is 0.512 e. The number of aliphatic hydroxyl groups is 2. The number of aliphatic imine (C=N–C) groups is 3. The summed E-state index contributed by atoms with van der Waals surface area (Å²) in [5.74, 6) is -3.22. The van der Waals surface area contributed by atoms with Crippen molar-refractivity contribution in [2.45, 2.75) is 92.9 Å². The van der Waals surface area contributed by atoms with Crippen LogP contribution < -0.4 is 10.6 Å². The molecule has 2 unspecified atom stereocenters. The molecule has 1 fully saturated rings. The number of carboxylic acids is 1. The highest BCUT2D eigenvalue weighted by Gasteiger charge is 2.40. The minimum absolute atomic E-state index is 0.00571. The van der Waals surface area contributed by atoms with Crippen LogP contribution in [-0.4, -0.2) is 82.1 Å². The Balaban J connectivity index is 1.72. The number of hydrogen-bond donors (Lipinski definition) is 5. The van der Waals surface area contributed by atoms with E-state index in [-0.39, 0.29) is 92.6 Å². The Hall–Kier alpha value is -5.76. The summed E-state index contributed by atoms with van der Waals surface area (Å²) in [6, 6.07) is 0. The van der Waals surface area contributed by atoms with E-state index in [2.05, 4.69) is 10.6 Å². The predicted molar refractivity (Wildman–Crippen MR) is 215 cm³/mol. The standard InChI is InChI=1S/C43H51N5O9/c1-8-28-21(2)31-20-36-39(25(6)50)23(4)33(46-36)18-32-22(3)29(11-12-37(53)54)41(47-32)30(17-38(55)57-7)42-40(24(5)34(48-42)19-35(28)45-31)43(56)44-15-13-26(51)9-10-27(52)14-16-49/h18-20,22,29,47,49-50H,8-17H2,1-7H3,(H,44,56)(H,53,54). The molecule has 0 aromatic rings. The zero-order valence-electron chi connectivity index (χ0n) is 33.6. The van der Waals surface area contributed by atoms with E-state index in [0.29, 0.717) is 63.0 Å². The summed E-state index contributed by atoms with van der Waals surface area (Å²) in [6.07, 6.45) is 5.84. The minimum Gasteiger partial charge on any atom is -0.512 e. The number of aliphatic carboxylic acids is 1. The van der Waals surface area contributed by atoms with Crippen molar-refractivity contribution >= 4 is 46.5 Å². The molecule has 5 aliphatic rings. The summed E-state index contributed by atoms with van der Waals surface area (Å²) in [6.45, 7) is 10.9. The Bertz CT molecular complexity index is 2160. The van der Waals surface area contributed by atoms with Gasteiger partial charge in [-0.05, 0) is 81.1 Å². The van der Waals surface area contributed by atoms with Gasteiger partial charge in [0.1, 0.15) is 11.6 Å². The van der Waals surface area contributed by atoms with E-state index < -0.39 is 23.8 Å². The molecule has 8 bridgehead atoms. The number of carbonyl (C=O) groups is 5. The number of allylic oxidation sites excluding steroid dienone is 11. The van der Waals surface area contributed by atoms with Gasteiger partial charge in [-0.1, -0.05) is 13.8 Å². The molecule has 0 aromatic carbocycles. The zero-order valence-corrected chi connectivity index (χ0v) is 33.6. The Kier molecular flexibility index (Phi) is 13.4. The normalized spacial score (nSPS) is 21.1. The number of carbonyl (C=O) groups excluding carboxylic acids is 4. The number of nitrogens with one attached hydrogen (secondary N) is 2. The molecule has 1 amide bonds. The highest BCUT2D eigenvalue weighted by Crippen LogP contribution is 2.43. The minimum atomic E-state index is -0.992. The maximum absolute atomic E-state index is 14.3. The van der Waals surface area contributed by atoms with E-state index in [1.165, 1.54) is 7.11 Å². The molecule has 5 aliphatic heterocycles. The molecular formula is C43H51N5O9. The number of hydrogen-bond acceptors (Lipinski definition) is 12. The number of esters is 1. The van der Waals surface area contributed by atoms with Crippen molar-refractivity contribution in [3.63, 3.8) is 0 Å². The van der Waals surface area contributed by atoms with Gasteiger partial charge in [-0.3, -0.25) is 24.0 Å². The Morgan fingerprint density at radius 3 is 2.14 bits per heavy atom. The van der Waals surface area contributed by atoms with Crippen LogP contribution in [0.1, 0.15) is 92.9 Å². The molecule has 2 atom stereocenters. The summed E-state index contributed by atoms with van der Waals surface area (Å²) < 4.78 is 5.15. The predicted octanol–water partition coefficient (Wildman–Crippen LogP) is 5.51. The van der Waals surface area contributed by atoms with E-state index in [1.807, 2.05) is 39.8 Å². The second-order valence-electron chi connectivity index (χ2n) is 14.7. The van der Waals surface area contributed by atoms with Crippen LogP contribution in [0.25, 0.3) is 0 Å². The second-order valence-corrected chi connectivity index (χ2v) is 14.7. The summed E-state index contributed by atoms with van der Waals surface area (Å²) in [4.78, 5) is 78.9. The molecule has 0 saturated carbocycles. The summed E-state index contributed by atoms with van der Waals surface area (Å²) in [5, 5.41) is 36.0. The van der Waals surface area contributed by atoms with Gasteiger partial charge in [-0.25, -0.2) is 15.0 Å². The second kappa shape index (κ2) is 18.0. The van der Waals surface area contributed by atoms with Gasteiger partial charge in [0.05, 0.1) is 59.1 Å². The number of carboxylic acid groups (broad SMARTS) is 1. The summed E-state index contributed by atoms with van der Waals surface area (Å²) in [7, 11) is 1.26. The fraction of sp³-hybridized carbons (Fsp3) is 0.442. The molecule has 0 radical (unpaired) electrons. The maximum Gasteiger partial charge on any atom is 0.310 e. The Morgan fingerprint density at radius 1 is 0.842 bits per heavy atom. The number of aliphatic hydroxyl groups excluding tert-OH is 2. The number of ketones is 2.